The van der Waals surface area contributed by atoms with Crippen molar-refractivity contribution in [3.05, 3.63) is 11.6 Å². The van der Waals surface area contributed by atoms with Gasteiger partial charge in [-0.05, 0) is 117 Å². The van der Waals surface area contributed by atoms with Crippen molar-refractivity contribution in [1.82, 2.24) is 0 Å². The summed E-state index contributed by atoms with van der Waals surface area (Å²) in [6.07, 6.45) is 15.7. The quantitative estimate of drug-likeness (QED) is 0.374. The molecule has 198 valence electrons. The van der Waals surface area contributed by atoms with E-state index in [-0.39, 0.29) is 6.10 Å². The topological polar surface area (TPSA) is 29.5 Å². The number of aliphatic hydroxyl groups is 1. The van der Waals surface area contributed by atoms with Crippen LogP contribution in [0.15, 0.2) is 11.6 Å². The number of hydrogen-bond acceptors (Lipinski definition) is 2. The van der Waals surface area contributed by atoms with E-state index in [0.717, 1.165) is 67.5 Å². The summed E-state index contributed by atoms with van der Waals surface area (Å²) in [4.78, 5) is 0. The summed E-state index contributed by atoms with van der Waals surface area (Å²) in [6.45, 7) is 20.7. The molecule has 3 saturated carbocycles. The molecule has 0 radical (unpaired) electrons. The van der Waals surface area contributed by atoms with Crippen molar-refractivity contribution in [2.24, 2.45) is 52.3 Å². The zero-order chi connectivity index (χ0) is 25.1. The molecule has 4 rings (SSSR count). The number of rotatable bonds is 7. The van der Waals surface area contributed by atoms with Crippen molar-refractivity contribution >= 4 is 0 Å². The first-order chi connectivity index (χ1) is 16.1. The lowest BCUT2D eigenvalue weighted by molar-refractivity contribution is -0.0574. The SMILES string of the molecule is CC(C)[C@H](C)CC[C@@H](C)[C@H]1CC[C@H]2[C@@H]3CC=C4C[C@@H](O)CC[C@]4(C)[C@H]3CC[C@]12C.CCOCC. The summed E-state index contributed by atoms with van der Waals surface area (Å²) in [5, 5.41) is 10.2. The maximum atomic E-state index is 10.2. The highest BCUT2D eigenvalue weighted by Gasteiger charge is 2.59. The van der Waals surface area contributed by atoms with E-state index in [1.807, 2.05) is 13.8 Å². The first-order valence-corrected chi connectivity index (χ1v) is 15.0. The summed E-state index contributed by atoms with van der Waals surface area (Å²) in [5.74, 6) is 6.24. The summed E-state index contributed by atoms with van der Waals surface area (Å²) in [6, 6.07) is 0. The number of ether oxygens (including phenoxy) is 1. The van der Waals surface area contributed by atoms with Gasteiger partial charge in [-0.2, -0.15) is 0 Å². The molecule has 0 unspecified atom stereocenters. The van der Waals surface area contributed by atoms with Crippen LogP contribution in [0, 0.1) is 52.3 Å². The maximum Gasteiger partial charge on any atom is 0.0577 e. The van der Waals surface area contributed by atoms with Gasteiger partial charge in [-0.1, -0.05) is 66.0 Å². The number of fused-ring (bicyclic) bond motifs is 5. The standard InChI is InChI=1S/C28H48O.C4H10O/c1-18(2)19(3)7-8-20(4)24-11-12-25-23-10-9-21-17-22(29)13-15-27(21,5)26(23)14-16-28(24,25)6;1-3-5-4-2/h9,18-20,22-26,29H,7-8,10-17H2,1-6H3;3-4H2,1-2H3/t19-,20-,22+,23+,24-,25+,26+,27+,28-;/m1./s1. The molecule has 0 spiro atoms. The fourth-order valence-corrected chi connectivity index (χ4v) is 8.88. The minimum atomic E-state index is -0.0790. The van der Waals surface area contributed by atoms with E-state index in [1.165, 1.54) is 51.4 Å². The van der Waals surface area contributed by atoms with E-state index in [2.05, 4.69) is 47.6 Å². The largest absolute Gasteiger partial charge is 0.393 e. The Hall–Kier alpha value is -0.340. The molecule has 4 aliphatic rings. The van der Waals surface area contributed by atoms with E-state index >= 15 is 0 Å². The molecule has 4 aliphatic carbocycles. The van der Waals surface area contributed by atoms with Crippen LogP contribution < -0.4 is 0 Å². The first kappa shape index (κ1) is 28.2. The van der Waals surface area contributed by atoms with Gasteiger partial charge in [0, 0.05) is 13.2 Å². The molecular formula is C32H58O2. The second-order valence-electron chi connectivity index (χ2n) is 13.4. The van der Waals surface area contributed by atoms with E-state index in [4.69, 9.17) is 4.74 Å². The maximum absolute atomic E-state index is 10.2. The molecule has 0 bridgehead atoms. The molecule has 2 heteroatoms. The molecular weight excluding hydrogens is 416 g/mol. The Morgan fingerprint density at radius 1 is 0.941 bits per heavy atom. The number of allylic oxidation sites excluding steroid dienone is 1. The molecule has 2 nitrogen and oxygen atoms in total. The van der Waals surface area contributed by atoms with Crippen molar-refractivity contribution < 1.29 is 9.84 Å². The lowest BCUT2D eigenvalue weighted by atomic mass is 9.47. The minimum absolute atomic E-state index is 0.0790. The highest BCUT2D eigenvalue weighted by Crippen LogP contribution is 2.67. The van der Waals surface area contributed by atoms with Crippen LogP contribution >= 0.6 is 0 Å². The van der Waals surface area contributed by atoms with Crippen molar-refractivity contribution in [3.8, 4) is 0 Å². The van der Waals surface area contributed by atoms with Crippen LogP contribution in [0.1, 0.15) is 120 Å². The predicted octanol–water partition coefficient (Wildman–Crippen LogP) is 8.68. The summed E-state index contributed by atoms with van der Waals surface area (Å²) >= 11 is 0. The predicted molar refractivity (Wildman–Crippen MR) is 146 cm³/mol. The molecule has 0 heterocycles. The zero-order valence-electron chi connectivity index (χ0n) is 24.0. The minimum Gasteiger partial charge on any atom is -0.393 e. The molecule has 3 fully saturated rings. The monoisotopic (exact) mass is 474 g/mol. The first-order valence-electron chi connectivity index (χ1n) is 15.0. The van der Waals surface area contributed by atoms with Gasteiger partial charge in [0.2, 0.25) is 0 Å². The summed E-state index contributed by atoms with van der Waals surface area (Å²) in [5.41, 5.74) is 2.59. The third-order valence-electron chi connectivity index (χ3n) is 11.5. The van der Waals surface area contributed by atoms with Crippen LogP contribution in [0.4, 0.5) is 0 Å². The smallest absolute Gasteiger partial charge is 0.0577 e. The van der Waals surface area contributed by atoms with Gasteiger partial charge < -0.3 is 9.84 Å². The average molecular weight is 475 g/mol. The Balaban J connectivity index is 0.000000588. The fraction of sp³-hybridized carbons (Fsp3) is 0.938. The van der Waals surface area contributed by atoms with Gasteiger partial charge in [-0.15, -0.1) is 0 Å². The normalized spacial score (nSPS) is 40.9. The van der Waals surface area contributed by atoms with Crippen molar-refractivity contribution in [1.29, 1.82) is 0 Å². The van der Waals surface area contributed by atoms with E-state index in [1.54, 1.807) is 5.57 Å². The van der Waals surface area contributed by atoms with Crippen LogP contribution in [0.5, 0.6) is 0 Å². The van der Waals surface area contributed by atoms with Gasteiger partial charge in [0.1, 0.15) is 0 Å². The van der Waals surface area contributed by atoms with Crippen LogP contribution in [-0.4, -0.2) is 24.4 Å². The lowest BCUT2D eigenvalue weighted by Crippen LogP contribution is -2.50. The lowest BCUT2D eigenvalue weighted by Gasteiger charge is -2.58. The Kier molecular flexibility index (Phi) is 9.80. The zero-order valence-corrected chi connectivity index (χ0v) is 24.0. The van der Waals surface area contributed by atoms with Crippen molar-refractivity contribution in [2.75, 3.05) is 13.2 Å². The highest BCUT2D eigenvalue weighted by molar-refractivity contribution is 5.25. The van der Waals surface area contributed by atoms with E-state index < -0.39 is 0 Å². The molecule has 0 aromatic heterocycles. The van der Waals surface area contributed by atoms with Crippen LogP contribution in [0.25, 0.3) is 0 Å². The van der Waals surface area contributed by atoms with Gasteiger partial charge >= 0.3 is 0 Å². The van der Waals surface area contributed by atoms with Gasteiger partial charge in [-0.25, -0.2) is 0 Å². The highest BCUT2D eigenvalue weighted by atomic mass is 16.5. The van der Waals surface area contributed by atoms with Gasteiger partial charge in [0.15, 0.2) is 0 Å². The third-order valence-corrected chi connectivity index (χ3v) is 11.5. The average Bonchev–Trinajstić information content (AvgIpc) is 3.16. The van der Waals surface area contributed by atoms with Crippen molar-refractivity contribution in [3.63, 3.8) is 0 Å². The Bertz CT molecular complexity index is 666. The number of hydrogen-bond donors (Lipinski definition) is 1. The molecule has 0 aliphatic heterocycles. The van der Waals surface area contributed by atoms with Crippen LogP contribution in [-0.2, 0) is 4.74 Å². The summed E-state index contributed by atoms with van der Waals surface area (Å²) in [7, 11) is 0. The molecule has 0 saturated heterocycles. The Morgan fingerprint density at radius 2 is 1.65 bits per heavy atom. The summed E-state index contributed by atoms with van der Waals surface area (Å²) < 4.78 is 4.83. The molecule has 0 aromatic carbocycles. The molecule has 0 aromatic rings. The van der Waals surface area contributed by atoms with Crippen molar-refractivity contribution in [2.45, 2.75) is 126 Å². The molecule has 34 heavy (non-hydrogen) atoms. The molecule has 0 amide bonds. The van der Waals surface area contributed by atoms with Crippen LogP contribution in [0.3, 0.4) is 0 Å². The molecule has 1 N–H and O–H groups in total. The van der Waals surface area contributed by atoms with Gasteiger partial charge in [-0.3, -0.25) is 0 Å². The second kappa shape index (κ2) is 11.8. The fourth-order valence-electron chi connectivity index (χ4n) is 8.88. The van der Waals surface area contributed by atoms with E-state index in [9.17, 15) is 5.11 Å². The second-order valence-corrected chi connectivity index (χ2v) is 13.4. The van der Waals surface area contributed by atoms with Gasteiger partial charge in [0.05, 0.1) is 6.10 Å². The van der Waals surface area contributed by atoms with Gasteiger partial charge in [0.25, 0.3) is 0 Å². The van der Waals surface area contributed by atoms with E-state index in [0.29, 0.717) is 10.8 Å². The Morgan fingerprint density at radius 3 is 2.26 bits per heavy atom. The molecule has 9 atom stereocenters. The third kappa shape index (κ3) is 5.64. The number of aliphatic hydroxyl groups excluding tert-OH is 1. The van der Waals surface area contributed by atoms with Crippen LogP contribution in [0.2, 0.25) is 0 Å². The Labute approximate surface area is 212 Å².